The van der Waals surface area contributed by atoms with E-state index in [1.54, 1.807) is 0 Å². The summed E-state index contributed by atoms with van der Waals surface area (Å²) in [6, 6.07) is 19.9. The highest BCUT2D eigenvalue weighted by atomic mass is 16.5. The second-order valence-corrected chi connectivity index (χ2v) is 8.98. The number of nitrogens with zero attached hydrogens (tertiary/aromatic N) is 1. The van der Waals surface area contributed by atoms with Gasteiger partial charge in [0, 0.05) is 23.4 Å². The molecular weight excluding hydrogens is 416 g/mol. The summed E-state index contributed by atoms with van der Waals surface area (Å²) in [5, 5.41) is 14.8. The van der Waals surface area contributed by atoms with E-state index in [0.717, 1.165) is 37.2 Å². The maximum Gasteiger partial charge on any atom is 0.306 e. The van der Waals surface area contributed by atoms with Gasteiger partial charge in [0.25, 0.3) is 5.91 Å². The van der Waals surface area contributed by atoms with Gasteiger partial charge in [0.2, 0.25) is 0 Å². The number of aliphatic carboxylic acids is 1. The minimum absolute atomic E-state index is 0.000127. The zero-order valence-corrected chi connectivity index (χ0v) is 18.5. The number of carboxylic acids is 1. The Bertz CT molecular complexity index is 1170. The van der Waals surface area contributed by atoms with Crippen LogP contribution in [-0.2, 0) is 11.3 Å². The Morgan fingerprint density at radius 3 is 2.61 bits per heavy atom. The fraction of sp³-hybridized carbons (Fsp3) is 0.333. The Kier molecular flexibility index (Phi) is 5.90. The molecule has 170 valence electrons. The molecule has 5 rings (SSSR count). The van der Waals surface area contributed by atoms with Crippen LogP contribution in [0.15, 0.2) is 60.7 Å². The number of rotatable bonds is 5. The van der Waals surface area contributed by atoms with E-state index in [9.17, 15) is 14.7 Å². The fourth-order valence-electron chi connectivity index (χ4n) is 5.09. The molecule has 2 aliphatic rings. The first-order valence-corrected chi connectivity index (χ1v) is 11.6. The topological polar surface area (TPSA) is 78.9 Å². The Morgan fingerprint density at radius 1 is 1.00 bits per heavy atom. The first-order chi connectivity index (χ1) is 16.1. The van der Waals surface area contributed by atoms with E-state index in [4.69, 9.17) is 4.74 Å². The van der Waals surface area contributed by atoms with E-state index < -0.39 is 5.97 Å². The van der Waals surface area contributed by atoms with Crippen LogP contribution in [0.5, 0.6) is 5.75 Å². The van der Waals surface area contributed by atoms with Crippen LogP contribution in [0.25, 0.3) is 10.8 Å². The molecule has 6 nitrogen and oxygen atoms in total. The number of carboxylic acid groups (broad SMARTS) is 1. The molecule has 0 bridgehead atoms. The van der Waals surface area contributed by atoms with Gasteiger partial charge in [-0.05, 0) is 59.9 Å². The largest absolute Gasteiger partial charge is 0.481 e. The lowest BCUT2D eigenvalue weighted by atomic mass is 9.79. The average Bonchev–Trinajstić information content (AvgIpc) is 2.87. The third kappa shape index (κ3) is 4.38. The van der Waals surface area contributed by atoms with Crippen LogP contribution in [0.1, 0.15) is 41.6 Å². The van der Waals surface area contributed by atoms with Crippen LogP contribution in [0.4, 0.5) is 5.69 Å². The zero-order chi connectivity index (χ0) is 22.8. The lowest BCUT2D eigenvalue weighted by molar-refractivity contribution is -0.144. The Hall–Kier alpha value is -3.54. The van der Waals surface area contributed by atoms with Gasteiger partial charge in [-0.15, -0.1) is 0 Å². The predicted molar refractivity (Wildman–Crippen MR) is 127 cm³/mol. The maximum absolute atomic E-state index is 12.7. The first-order valence-electron chi connectivity index (χ1n) is 11.6. The Morgan fingerprint density at radius 2 is 1.79 bits per heavy atom. The van der Waals surface area contributed by atoms with Gasteiger partial charge in [-0.1, -0.05) is 43.2 Å². The van der Waals surface area contributed by atoms with Crippen molar-refractivity contribution in [3.63, 3.8) is 0 Å². The highest BCUT2D eigenvalue weighted by Gasteiger charge is 2.31. The molecular formula is C27H28N2O4. The van der Waals surface area contributed by atoms with Gasteiger partial charge < -0.3 is 20.1 Å². The van der Waals surface area contributed by atoms with Gasteiger partial charge in [0.1, 0.15) is 5.75 Å². The second-order valence-electron chi connectivity index (χ2n) is 8.98. The van der Waals surface area contributed by atoms with Crippen LogP contribution in [0, 0.1) is 11.8 Å². The van der Waals surface area contributed by atoms with Crippen molar-refractivity contribution in [2.45, 2.75) is 32.2 Å². The van der Waals surface area contributed by atoms with Crippen molar-refractivity contribution < 1.29 is 19.4 Å². The fourth-order valence-corrected chi connectivity index (χ4v) is 5.09. The van der Waals surface area contributed by atoms with Crippen LogP contribution in [0.3, 0.4) is 0 Å². The second kappa shape index (κ2) is 9.14. The molecule has 2 atom stereocenters. The molecule has 2 N–H and O–H groups in total. The SMILES string of the molecule is O=C(NC[C@@H]1CCCC[C@@H]1C(=O)O)c1ccc(N2COc3ccc4ccccc4c3C2)cc1. The molecule has 0 aromatic heterocycles. The molecule has 1 fully saturated rings. The summed E-state index contributed by atoms with van der Waals surface area (Å²) in [7, 11) is 0. The number of ether oxygens (including phenoxy) is 1. The predicted octanol–water partition coefficient (Wildman–Crippen LogP) is 4.82. The van der Waals surface area contributed by atoms with Crippen molar-refractivity contribution >= 4 is 28.3 Å². The average molecular weight is 445 g/mol. The molecule has 1 saturated carbocycles. The van der Waals surface area contributed by atoms with Gasteiger partial charge in [-0.25, -0.2) is 0 Å². The number of amides is 1. The third-order valence-corrected chi connectivity index (χ3v) is 6.97. The summed E-state index contributed by atoms with van der Waals surface area (Å²) in [4.78, 5) is 26.3. The third-order valence-electron chi connectivity index (χ3n) is 6.97. The van der Waals surface area contributed by atoms with Gasteiger partial charge in [0.15, 0.2) is 6.73 Å². The van der Waals surface area contributed by atoms with Crippen molar-refractivity contribution in [2.75, 3.05) is 18.2 Å². The van der Waals surface area contributed by atoms with E-state index in [1.165, 1.54) is 16.3 Å². The van der Waals surface area contributed by atoms with E-state index in [-0.39, 0.29) is 17.7 Å². The van der Waals surface area contributed by atoms with E-state index in [2.05, 4.69) is 28.4 Å². The molecule has 0 unspecified atom stereocenters. The quantitative estimate of drug-likeness (QED) is 0.590. The number of carbonyl (C=O) groups is 2. The highest BCUT2D eigenvalue weighted by molar-refractivity contribution is 5.94. The summed E-state index contributed by atoms with van der Waals surface area (Å²) in [5.41, 5.74) is 2.73. The summed E-state index contributed by atoms with van der Waals surface area (Å²) in [6.45, 7) is 1.59. The summed E-state index contributed by atoms with van der Waals surface area (Å²) in [6.07, 6.45) is 3.51. The number of carbonyl (C=O) groups excluding carboxylic acids is 1. The zero-order valence-electron chi connectivity index (χ0n) is 18.5. The monoisotopic (exact) mass is 444 g/mol. The molecule has 6 heteroatoms. The molecule has 1 aliphatic heterocycles. The summed E-state index contributed by atoms with van der Waals surface area (Å²) in [5.74, 6) is -0.360. The van der Waals surface area contributed by atoms with Crippen LogP contribution >= 0.6 is 0 Å². The number of nitrogens with one attached hydrogen (secondary N) is 1. The lowest BCUT2D eigenvalue weighted by Crippen LogP contribution is -2.37. The molecule has 1 heterocycles. The Labute approximate surface area is 193 Å². The molecule has 0 spiro atoms. The van der Waals surface area contributed by atoms with Gasteiger partial charge in [0.05, 0.1) is 12.5 Å². The number of fused-ring (bicyclic) bond motifs is 3. The molecule has 3 aromatic carbocycles. The summed E-state index contributed by atoms with van der Waals surface area (Å²) < 4.78 is 6.01. The standard InChI is InChI=1S/C27H28N2O4/c30-26(28-15-20-6-2-4-8-23(20)27(31)32)19-9-12-21(13-10-19)29-16-24-22-7-3-1-5-18(22)11-14-25(24)33-17-29/h1,3,5,7,9-14,20,23H,2,4,6,8,15-17H2,(H,28,30)(H,31,32)/t20-,23-/m0/s1. The minimum Gasteiger partial charge on any atom is -0.481 e. The molecule has 33 heavy (non-hydrogen) atoms. The van der Waals surface area contributed by atoms with Gasteiger partial charge in [-0.3, -0.25) is 9.59 Å². The van der Waals surface area contributed by atoms with Gasteiger partial charge >= 0.3 is 5.97 Å². The van der Waals surface area contributed by atoms with Crippen molar-refractivity contribution in [3.8, 4) is 5.75 Å². The smallest absolute Gasteiger partial charge is 0.306 e. The number of hydrogen-bond donors (Lipinski definition) is 2. The van der Waals surface area contributed by atoms with Gasteiger partial charge in [-0.2, -0.15) is 0 Å². The molecule has 3 aromatic rings. The Balaban J connectivity index is 1.25. The van der Waals surface area contributed by atoms with E-state index >= 15 is 0 Å². The number of benzene rings is 3. The van der Waals surface area contributed by atoms with E-state index in [0.29, 0.717) is 25.3 Å². The highest BCUT2D eigenvalue weighted by Crippen LogP contribution is 2.34. The van der Waals surface area contributed by atoms with Crippen molar-refractivity contribution in [3.05, 3.63) is 71.8 Å². The lowest BCUT2D eigenvalue weighted by Gasteiger charge is -2.31. The van der Waals surface area contributed by atoms with Crippen LogP contribution in [0.2, 0.25) is 0 Å². The molecule has 1 amide bonds. The van der Waals surface area contributed by atoms with Crippen molar-refractivity contribution in [2.24, 2.45) is 11.8 Å². The minimum atomic E-state index is -0.753. The van der Waals surface area contributed by atoms with Crippen molar-refractivity contribution in [1.82, 2.24) is 5.32 Å². The first kappa shape index (κ1) is 21.3. The molecule has 0 radical (unpaired) electrons. The number of anilines is 1. The normalized spacial score (nSPS) is 20.1. The molecule has 0 saturated heterocycles. The maximum atomic E-state index is 12.7. The van der Waals surface area contributed by atoms with E-state index in [1.807, 2.05) is 42.5 Å². The molecule has 1 aliphatic carbocycles. The van der Waals surface area contributed by atoms with Crippen LogP contribution < -0.4 is 15.0 Å². The number of hydrogen-bond acceptors (Lipinski definition) is 4. The van der Waals surface area contributed by atoms with Crippen LogP contribution in [-0.4, -0.2) is 30.3 Å². The summed E-state index contributed by atoms with van der Waals surface area (Å²) >= 11 is 0. The van der Waals surface area contributed by atoms with Crippen molar-refractivity contribution in [1.29, 1.82) is 0 Å².